The van der Waals surface area contributed by atoms with Gasteiger partial charge in [-0.2, -0.15) is 4.91 Å². The molecule has 1 aliphatic heterocycles. The summed E-state index contributed by atoms with van der Waals surface area (Å²) in [5.41, 5.74) is 9.50. The van der Waals surface area contributed by atoms with Gasteiger partial charge in [-0.1, -0.05) is 5.18 Å². The molecule has 0 spiro atoms. The molecular formula is C18H19N7O. The number of aromatic nitrogens is 4. The quantitative estimate of drug-likeness (QED) is 0.703. The second kappa shape index (κ2) is 5.76. The molecule has 3 aromatic rings. The van der Waals surface area contributed by atoms with Crippen molar-refractivity contribution in [2.24, 2.45) is 17.0 Å². The van der Waals surface area contributed by atoms with E-state index in [-0.39, 0.29) is 12.0 Å². The number of H-pyrrole nitrogens is 1. The molecule has 0 aromatic carbocycles. The highest BCUT2D eigenvalue weighted by Gasteiger charge is 2.42. The normalized spacial score (nSPS) is 24.9. The van der Waals surface area contributed by atoms with Crippen LogP contribution < -0.4 is 10.6 Å². The van der Waals surface area contributed by atoms with Crippen LogP contribution >= 0.6 is 0 Å². The minimum absolute atomic E-state index is 0.00331. The van der Waals surface area contributed by atoms with Crippen molar-refractivity contribution in [3.63, 3.8) is 0 Å². The van der Waals surface area contributed by atoms with E-state index >= 15 is 0 Å². The van der Waals surface area contributed by atoms with Gasteiger partial charge in [-0.15, -0.1) is 0 Å². The van der Waals surface area contributed by atoms with E-state index in [2.05, 4.69) is 36.1 Å². The van der Waals surface area contributed by atoms with E-state index < -0.39 is 0 Å². The number of rotatable bonds is 3. The number of nitrogen functional groups attached to an aromatic ring is 1. The van der Waals surface area contributed by atoms with Gasteiger partial charge in [-0.3, -0.25) is 0 Å². The number of pyridine rings is 1. The van der Waals surface area contributed by atoms with Crippen LogP contribution in [-0.2, 0) is 0 Å². The molecule has 5 rings (SSSR count). The Morgan fingerprint density at radius 2 is 1.92 bits per heavy atom. The highest BCUT2D eigenvalue weighted by Crippen LogP contribution is 2.43. The highest BCUT2D eigenvalue weighted by atomic mass is 16.3. The lowest BCUT2D eigenvalue weighted by Crippen LogP contribution is -2.22. The minimum Gasteiger partial charge on any atom is -0.370 e. The van der Waals surface area contributed by atoms with Gasteiger partial charge in [0.05, 0.1) is 17.1 Å². The molecule has 2 aliphatic rings. The topological polar surface area (TPSA) is 113 Å². The zero-order valence-corrected chi connectivity index (χ0v) is 14.2. The summed E-state index contributed by atoms with van der Waals surface area (Å²) in [7, 11) is 0. The molecule has 1 saturated heterocycles. The summed E-state index contributed by atoms with van der Waals surface area (Å²) in [6.07, 6.45) is 7.23. The second-order valence-electron chi connectivity index (χ2n) is 7.21. The molecule has 132 valence electrons. The van der Waals surface area contributed by atoms with E-state index in [1.54, 1.807) is 6.20 Å². The van der Waals surface area contributed by atoms with E-state index in [1.807, 2.05) is 18.5 Å². The maximum absolute atomic E-state index is 10.9. The molecule has 0 bridgehead atoms. The van der Waals surface area contributed by atoms with Crippen molar-refractivity contribution in [2.75, 3.05) is 23.7 Å². The van der Waals surface area contributed by atoms with Gasteiger partial charge in [-0.25, -0.2) is 15.0 Å². The van der Waals surface area contributed by atoms with Gasteiger partial charge < -0.3 is 15.6 Å². The summed E-state index contributed by atoms with van der Waals surface area (Å²) < 4.78 is 0. The Hall–Kier alpha value is -3.03. The number of nitrogens with one attached hydrogen (secondary N) is 1. The lowest BCUT2D eigenvalue weighted by molar-refractivity contribution is 0.494. The van der Waals surface area contributed by atoms with Crippen LogP contribution in [0.4, 0.5) is 11.6 Å². The number of nitrogens with two attached hydrogens (primary N) is 1. The van der Waals surface area contributed by atoms with Crippen molar-refractivity contribution < 1.29 is 0 Å². The minimum atomic E-state index is -0.00331. The van der Waals surface area contributed by atoms with Crippen molar-refractivity contribution in [3.05, 3.63) is 35.6 Å². The summed E-state index contributed by atoms with van der Waals surface area (Å²) in [6, 6.07) is 3.91. The van der Waals surface area contributed by atoms with Crippen LogP contribution in [0.2, 0.25) is 0 Å². The van der Waals surface area contributed by atoms with E-state index in [4.69, 9.17) is 5.73 Å². The monoisotopic (exact) mass is 349 g/mol. The van der Waals surface area contributed by atoms with Crippen molar-refractivity contribution in [3.8, 4) is 11.3 Å². The third-order valence-corrected chi connectivity index (χ3v) is 5.72. The van der Waals surface area contributed by atoms with Crippen LogP contribution in [0, 0.1) is 16.7 Å². The first-order valence-electron chi connectivity index (χ1n) is 8.85. The van der Waals surface area contributed by atoms with Gasteiger partial charge in [0, 0.05) is 42.9 Å². The van der Waals surface area contributed by atoms with Crippen LogP contribution in [0.3, 0.4) is 0 Å². The average Bonchev–Trinajstić information content (AvgIpc) is 3.33. The third-order valence-electron chi connectivity index (χ3n) is 5.72. The first-order valence-corrected chi connectivity index (χ1v) is 8.85. The van der Waals surface area contributed by atoms with Crippen molar-refractivity contribution in [2.45, 2.75) is 18.9 Å². The molecule has 8 heteroatoms. The Labute approximate surface area is 149 Å². The lowest BCUT2D eigenvalue weighted by atomic mass is 10.0. The van der Waals surface area contributed by atoms with Crippen LogP contribution in [0.25, 0.3) is 22.3 Å². The number of nitrogens with zero attached hydrogens (tertiary/aromatic N) is 5. The summed E-state index contributed by atoms with van der Waals surface area (Å²) in [5, 5.41) is 4.31. The molecule has 0 radical (unpaired) electrons. The molecule has 3 N–H and O–H groups in total. The first-order chi connectivity index (χ1) is 12.7. The molecule has 8 nitrogen and oxygen atoms in total. The van der Waals surface area contributed by atoms with E-state index in [0.29, 0.717) is 11.8 Å². The SMILES string of the molecule is Nc1nccc(-c2c[nH]c3nccc(N4CC5CC(N=O)CC5C4)c23)n1. The predicted octanol–water partition coefficient (Wildman–Crippen LogP) is 2.58. The zero-order valence-electron chi connectivity index (χ0n) is 14.2. The number of hydrogen-bond donors (Lipinski definition) is 2. The zero-order chi connectivity index (χ0) is 17.7. The molecule has 26 heavy (non-hydrogen) atoms. The van der Waals surface area contributed by atoms with Crippen molar-refractivity contribution in [1.29, 1.82) is 0 Å². The summed E-state index contributed by atoms with van der Waals surface area (Å²) >= 11 is 0. The Balaban J connectivity index is 1.55. The largest absolute Gasteiger partial charge is 0.370 e. The fourth-order valence-corrected chi connectivity index (χ4v) is 4.58. The number of hydrogen-bond acceptors (Lipinski definition) is 7. The van der Waals surface area contributed by atoms with Gasteiger partial charge >= 0.3 is 0 Å². The number of aromatic amines is 1. The average molecular weight is 349 g/mol. The molecule has 2 atom stereocenters. The highest BCUT2D eigenvalue weighted by molar-refractivity contribution is 6.02. The van der Waals surface area contributed by atoms with Crippen LogP contribution in [0.15, 0.2) is 35.9 Å². The van der Waals surface area contributed by atoms with E-state index in [1.165, 1.54) is 0 Å². The maximum Gasteiger partial charge on any atom is 0.220 e. The van der Waals surface area contributed by atoms with E-state index in [9.17, 15) is 4.91 Å². The molecule has 4 heterocycles. The summed E-state index contributed by atoms with van der Waals surface area (Å²) in [6.45, 7) is 1.90. The fourth-order valence-electron chi connectivity index (χ4n) is 4.58. The maximum atomic E-state index is 10.9. The summed E-state index contributed by atoms with van der Waals surface area (Å²) in [5.74, 6) is 1.33. The van der Waals surface area contributed by atoms with Gasteiger partial charge in [0.1, 0.15) is 5.65 Å². The number of fused-ring (bicyclic) bond motifs is 2. The molecule has 0 amide bonds. The van der Waals surface area contributed by atoms with E-state index in [0.717, 1.165) is 53.9 Å². The Morgan fingerprint density at radius 1 is 1.15 bits per heavy atom. The molecule has 3 aromatic heterocycles. The second-order valence-corrected chi connectivity index (χ2v) is 7.21. The van der Waals surface area contributed by atoms with Gasteiger partial charge in [-0.05, 0) is 36.8 Å². The van der Waals surface area contributed by atoms with Crippen LogP contribution in [0.1, 0.15) is 12.8 Å². The Kier molecular flexibility index (Phi) is 3.37. The number of nitroso groups, excluding NO2 is 1. The smallest absolute Gasteiger partial charge is 0.220 e. The molecule has 1 saturated carbocycles. The third kappa shape index (κ3) is 2.33. The number of anilines is 2. The standard InChI is InChI=1S/C18H19N7O/c19-18-21-3-1-14(23-18)13-7-22-17-16(13)15(2-4-20-17)25-8-10-5-12(24-26)6-11(10)9-25/h1-4,7,10-12H,5-6,8-9H2,(H,20,22)(H2,19,21,23). The predicted molar refractivity (Wildman–Crippen MR) is 99.5 cm³/mol. The van der Waals surface area contributed by atoms with Crippen molar-refractivity contribution >= 4 is 22.7 Å². The van der Waals surface area contributed by atoms with Gasteiger partial charge in [0.2, 0.25) is 5.95 Å². The lowest BCUT2D eigenvalue weighted by Gasteiger charge is -2.21. The van der Waals surface area contributed by atoms with Crippen molar-refractivity contribution in [1.82, 2.24) is 19.9 Å². The van der Waals surface area contributed by atoms with Crippen LogP contribution in [-0.4, -0.2) is 39.1 Å². The summed E-state index contributed by atoms with van der Waals surface area (Å²) in [4.78, 5) is 29.3. The first kappa shape index (κ1) is 15.2. The fraction of sp³-hybridized carbons (Fsp3) is 0.389. The Morgan fingerprint density at radius 3 is 2.65 bits per heavy atom. The Bertz CT molecular complexity index is 971. The van der Waals surface area contributed by atoms with Gasteiger partial charge in [0.25, 0.3) is 0 Å². The molecule has 2 fully saturated rings. The molecule has 2 unspecified atom stereocenters. The van der Waals surface area contributed by atoms with Crippen LogP contribution in [0.5, 0.6) is 0 Å². The molecular weight excluding hydrogens is 330 g/mol. The molecule has 1 aliphatic carbocycles. The van der Waals surface area contributed by atoms with Gasteiger partial charge in [0.15, 0.2) is 0 Å².